The monoisotopic (exact) mass is 156 g/mol. The first-order valence-electron chi connectivity index (χ1n) is 3.65. The van der Waals surface area contributed by atoms with E-state index < -0.39 is 6.10 Å². The van der Waals surface area contributed by atoms with Gasteiger partial charge in [-0.15, -0.1) is 0 Å². The predicted molar refractivity (Wildman–Crippen MR) is 40.1 cm³/mol. The van der Waals surface area contributed by atoms with Crippen molar-refractivity contribution in [3.63, 3.8) is 0 Å². The molecule has 11 heavy (non-hydrogen) atoms. The minimum atomic E-state index is -0.879. The standard InChI is InChI=1S/C8H12O3/c1-2-6-3-4-8(11-6)7(10)5-9/h3-4,7,9-10H,2,5H2,1H3/t7-/m1/s1. The zero-order valence-corrected chi connectivity index (χ0v) is 6.45. The van der Waals surface area contributed by atoms with E-state index in [9.17, 15) is 0 Å². The van der Waals surface area contributed by atoms with Gasteiger partial charge in [-0.2, -0.15) is 0 Å². The third-order valence-corrected chi connectivity index (χ3v) is 1.53. The number of rotatable bonds is 3. The highest BCUT2D eigenvalue weighted by molar-refractivity contribution is 5.09. The van der Waals surface area contributed by atoms with Crippen LogP contribution in [-0.2, 0) is 6.42 Å². The Kier molecular flexibility index (Phi) is 2.68. The van der Waals surface area contributed by atoms with Gasteiger partial charge in [0, 0.05) is 6.42 Å². The van der Waals surface area contributed by atoms with Gasteiger partial charge in [-0.3, -0.25) is 0 Å². The number of hydrogen-bond donors (Lipinski definition) is 2. The molecule has 0 aliphatic heterocycles. The van der Waals surface area contributed by atoms with Gasteiger partial charge in [-0.05, 0) is 12.1 Å². The molecule has 0 amide bonds. The summed E-state index contributed by atoms with van der Waals surface area (Å²) in [6.45, 7) is 1.67. The van der Waals surface area contributed by atoms with Gasteiger partial charge >= 0.3 is 0 Å². The molecule has 1 aromatic rings. The van der Waals surface area contributed by atoms with Crippen LogP contribution >= 0.6 is 0 Å². The van der Waals surface area contributed by atoms with Crippen LogP contribution < -0.4 is 0 Å². The van der Waals surface area contributed by atoms with Crippen LogP contribution in [-0.4, -0.2) is 16.8 Å². The highest BCUT2D eigenvalue weighted by Crippen LogP contribution is 2.15. The van der Waals surface area contributed by atoms with E-state index in [4.69, 9.17) is 14.6 Å². The molecule has 0 saturated carbocycles. The summed E-state index contributed by atoms with van der Waals surface area (Å²) in [6, 6.07) is 3.48. The predicted octanol–water partition coefficient (Wildman–Crippen LogP) is 0.868. The lowest BCUT2D eigenvalue weighted by molar-refractivity contribution is 0.0766. The second-order valence-corrected chi connectivity index (χ2v) is 2.36. The van der Waals surface area contributed by atoms with Crippen molar-refractivity contribution in [1.29, 1.82) is 0 Å². The van der Waals surface area contributed by atoms with E-state index in [0.717, 1.165) is 12.2 Å². The first kappa shape index (κ1) is 8.30. The second-order valence-electron chi connectivity index (χ2n) is 2.36. The quantitative estimate of drug-likeness (QED) is 0.682. The summed E-state index contributed by atoms with van der Waals surface area (Å²) in [4.78, 5) is 0. The van der Waals surface area contributed by atoms with Crippen molar-refractivity contribution in [2.45, 2.75) is 19.4 Å². The molecule has 2 N–H and O–H groups in total. The molecule has 1 aromatic heterocycles. The van der Waals surface area contributed by atoms with Gasteiger partial charge in [0.15, 0.2) is 0 Å². The fourth-order valence-electron chi connectivity index (χ4n) is 0.854. The highest BCUT2D eigenvalue weighted by atomic mass is 16.4. The normalized spacial score (nSPS) is 13.4. The molecule has 0 bridgehead atoms. The molecule has 0 unspecified atom stereocenters. The Morgan fingerprint density at radius 2 is 2.27 bits per heavy atom. The van der Waals surface area contributed by atoms with Crippen LogP contribution in [0.2, 0.25) is 0 Å². The third-order valence-electron chi connectivity index (χ3n) is 1.53. The summed E-state index contributed by atoms with van der Waals surface area (Å²) >= 11 is 0. The summed E-state index contributed by atoms with van der Waals surface area (Å²) in [6.07, 6.45) is -0.0756. The molecule has 0 fully saturated rings. The number of aryl methyl sites for hydroxylation is 1. The zero-order valence-electron chi connectivity index (χ0n) is 6.45. The van der Waals surface area contributed by atoms with E-state index in [0.29, 0.717) is 5.76 Å². The molecule has 1 rings (SSSR count). The van der Waals surface area contributed by atoms with Gasteiger partial charge < -0.3 is 14.6 Å². The van der Waals surface area contributed by atoms with E-state index in [1.54, 1.807) is 12.1 Å². The van der Waals surface area contributed by atoms with Crippen LogP contribution in [0.5, 0.6) is 0 Å². The Labute approximate surface area is 65.3 Å². The molecule has 0 aromatic carbocycles. The van der Waals surface area contributed by atoms with Crippen molar-refractivity contribution in [3.05, 3.63) is 23.7 Å². The van der Waals surface area contributed by atoms with Crippen molar-refractivity contribution in [2.75, 3.05) is 6.61 Å². The molecule has 1 heterocycles. The molecule has 0 aliphatic carbocycles. The molecule has 1 atom stereocenters. The summed E-state index contributed by atoms with van der Waals surface area (Å²) in [5.41, 5.74) is 0. The van der Waals surface area contributed by atoms with Gasteiger partial charge in [-0.1, -0.05) is 6.92 Å². The van der Waals surface area contributed by atoms with Gasteiger partial charge in [-0.25, -0.2) is 0 Å². The molecular formula is C8H12O3. The molecule has 0 aliphatic rings. The van der Waals surface area contributed by atoms with Gasteiger partial charge in [0.2, 0.25) is 0 Å². The van der Waals surface area contributed by atoms with Crippen molar-refractivity contribution >= 4 is 0 Å². The largest absolute Gasteiger partial charge is 0.463 e. The van der Waals surface area contributed by atoms with Crippen LogP contribution in [0.1, 0.15) is 24.5 Å². The van der Waals surface area contributed by atoms with E-state index >= 15 is 0 Å². The minimum absolute atomic E-state index is 0.295. The Hall–Kier alpha value is -0.800. The Morgan fingerprint density at radius 3 is 2.73 bits per heavy atom. The molecule has 0 spiro atoms. The average molecular weight is 156 g/mol. The average Bonchev–Trinajstić information content (AvgIpc) is 2.50. The maximum atomic E-state index is 9.09. The summed E-state index contributed by atoms with van der Waals surface area (Å²) in [5.74, 6) is 1.26. The Bertz CT molecular complexity index is 217. The van der Waals surface area contributed by atoms with E-state index in [2.05, 4.69) is 0 Å². The molecule has 0 radical (unpaired) electrons. The van der Waals surface area contributed by atoms with Crippen molar-refractivity contribution in [3.8, 4) is 0 Å². The summed E-state index contributed by atoms with van der Waals surface area (Å²) < 4.78 is 5.18. The van der Waals surface area contributed by atoms with Gasteiger partial charge in [0.25, 0.3) is 0 Å². The lowest BCUT2D eigenvalue weighted by Gasteiger charge is -2.01. The number of aliphatic hydroxyl groups excluding tert-OH is 2. The minimum Gasteiger partial charge on any atom is -0.463 e. The highest BCUT2D eigenvalue weighted by Gasteiger charge is 2.09. The SMILES string of the molecule is CCc1ccc([C@H](O)CO)o1. The van der Waals surface area contributed by atoms with Crippen LogP contribution in [0.25, 0.3) is 0 Å². The van der Waals surface area contributed by atoms with Crippen molar-refractivity contribution < 1.29 is 14.6 Å². The number of hydrogen-bond acceptors (Lipinski definition) is 3. The first-order chi connectivity index (χ1) is 5.27. The Morgan fingerprint density at radius 1 is 1.55 bits per heavy atom. The van der Waals surface area contributed by atoms with Crippen molar-refractivity contribution in [2.24, 2.45) is 0 Å². The third kappa shape index (κ3) is 1.82. The maximum Gasteiger partial charge on any atom is 0.135 e. The summed E-state index contributed by atoms with van der Waals surface area (Å²) in [7, 11) is 0. The van der Waals surface area contributed by atoms with Gasteiger partial charge in [0.05, 0.1) is 6.61 Å². The molecule has 0 saturated heterocycles. The van der Waals surface area contributed by atoms with E-state index in [1.807, 2.05) is 6.92 Å². The number of aliphatic hydroxyl groups is 2. The second kappa shape index (κ2) is 3.55. The molecule has 62 valence electrons. The van der Waals surface area contributed by atoms with Crippen LogP contribution in [0.4, 0.5) is 0 Å². The van der Waals surface area contributed by atoms with Crippen molar-refractivity contribution in [1.82, 2.24) is 0 Å². The van der Waals surface area contributed by atoms with Crippen LogP contribution in [0.15, 0.2) is 16.5 Å². The molecule has 3 nitrogen and oxygen atoms in total. The topological polar surface area (TPSA) is 53.6 Å². The fourth-order valence-corrected chi connectivity index (χ4v) is 0.854. The van der Waals surface area contributed by atoms with E-state index in [-0.39, 0.29) is 6.61 Å². The summed E-state index contributed by atoms with van der Waals surface area (Å²) in [5, 5.41) is 17.7. The lowest BCUT2D eigenvalue weighted by atomic mass is 10.3. The van der Waals surface area contributed by atoms with Gasteiger partial charge in [0.1, 0.15) is 17.6 Å². The Balaban J connectivity index is 2.71. The van der Waals surface area contributed by atoms with E-state index in [1.165, 1.54) is 0 Å². The molecule has 3 heteroatoms. The van der Waals surface area contributed by atoms with Crippen LogP contribution in [0.3, 0.4) is 0 Å². The fraction of sp³-hybridized carbons (Fsp3) is 0.500. The van der Waals surface area contributed by atoms with Crippen LogP contribution in [0, 0.1) is 0 Å². The lowest BCUT2D eigenvalue weighted by Crippen LogP contribution is -2.00. The smallest absolute Gasteiger partial charge is 0.135 e. The number of furan rings is 1. The first-order valence-corrected chi connectivity index (χ1v) is 3.65. The zero-order chi connectivity index (χ0) is 8.27. The molecular weight excluding hydrogens is 144 g/mol. The maximum absolute atomic E-state index is 9.09.